The van der Waals surface area contributed by atoms with Gasteiger partial charge in [-0.1, -0.05) is 6.92 Å². The fourth-order valence-corrected chi connectivity index (χ4v) is 4.82. The SMILES string of the molecule is CC[C@H](C)N(C(=O)COc1cc([N+](=O)[O-])ccc1OC)[C@@H]1CCS(=O)(=O)C1. The van der Waals surface area contributed by atoms with E-state index in [9.17, 15) is 23.3 Å². The lowest BCUT2D eigenvalue weighted by Gasteiger charge is -2.33. The Kier molecular flexibility index (Phi) is 6.63. The Balaban J connectivity index is 2.16. The van der Waals surface area contributed by atoms with Gasteiger partial charge in [-0.05, 0) is 25.8 Å². The third-order valence-corrected chi connectivity index (χ3v) is 6.41. The number of non-ortho nitro benzene ring substituents is 1. The summed E-state index contributed by atoms with van der Waals surface area (Å²) in [5.74, 6) is 0.0100. The summed E-state index contributed by atoms with van der Waals surface area (Å²) in [6, 6.07) is 3.34. The molecule has 2 atom stereocenters. The van der Waals surface area contributed by atoms with Crippen LogP contribution in [-0.2, 0) is 14.6 Å². The molecule has 1 amide bonds. The second kappa shape index (κ2) is 8.55. The van der Waals surface area contributed by atoms with E-state index in [2.05, 4.69) is 0 Å². The summed E-state index contributed by atoms with van der Waals surface area (Å²) in [4.78, 5) is 24.7. The van der Waals surface area contributed by atoms with Crippen molar-refractivity contribution < 1.29 is 27.6 Å². The number of ether oxygens (including phenoxy) is 2. The van der Waals surface area contributed by atoms with Crippen molar-refractivity contribution in [3.63, 3.8) is 0 Å². The molecule has 1 heterocycles. The van der Waals surface area contributed by atoms with Gasteiger partial charge >= 0.3 is 0 Å². The molecule has 0 spiro atoms. The second-order valence-corrected chi connectivity index (χ2v) is 8.72. The Labute approximate surface area is 158 Å². The molecule has 0 radical (unpaired) electrons. The Bertz CT molecular complexity index is 809. The lowest BCUT2D eigenvalue weighted by Crippen LogP contribution is -2.48. The van der Waals surface area contributed by atoms with Crippen molar-refractivity contribution >= 4 is 21.4 Å². The molecule has 0 saturated carbocycles. The molecule has 0 unspecified atom stereocenters. The van der Waals surface area contributed by atoms with E-state index in [0.717, 1.165) is 0 Å². The van der Waals surface area contributed by atoms with Crippen molar-refractivity contribution in [2.24, 2.45) is 0 Å². The number of nitro benzene ring substituents is 1. The quantitative estimate of drug-likeness (QED) is 0.482. The van der Waals surface area contributed by atoms with E-state index < -0.39 is 14.8 Å². The van der Waals surface area contributed by atoms with Gasteiger partial charge in [-0.15, -0.1) is 0 Å². The maximum absolute atomic E-state index is 12.8. The monoisotopic (exact) mass is 400 g/mol. The van der Waals surface area contributed by atoms with Crippen LogP contribution < -0.4 is 9.47 Å². The smallest absolute Gasteiger partial charge is 0.273 e. The number of nitro groups is 1. The lowest BCUT2D eigenvalue weighted by atomic mass is 10.1. The van der Waals surface area contributed by atoms with Gasteiger partial charge in [0.2, 0.25) is 0 Å². The molecule has 0 bridgehead atoms. The third kappa shape index (κ3) is 5.09. The molecule has 27 heavy (non-hydrogen) atoms. The fourth-order valence-electron chi connectivity index (χ4n) is 3.11. The van der Waals surface area contributed by atoms with Crippen LogP contribution in [0.15, 0.2) is 18.2 Å². The van der Waals surface area contributed by atoms with Crippen molar-refractivity contribution in [2.75, 3.05) is 25.2 Å². The van der Waals surface area contributed by atoms with Gasteiger partial charge in [-0.3, -0.25) is 14.9 Å². The summed E-state index contributed by atoms with van der Waals surface area (Å²) < 4.78 is 34.2. The van der Waals surface area contributed by atoms with Gasteiger partial charge in [0.1, 0.15) is 0 Å². The number of hydrogen-bond donors (Lipinski definition) is 0. The molecule has 1 aromatic rings. The van der Waals surface area contributed by atoms with Gasteiger partial charge in [-0.2, -0.15) is 0 Å². The number of rotatable bonds is 8. The molecule has 1 fully saturated rings. The molecule has 0 aliphatic carbocycles. The number of carbonyl (C=O) groups is 1. The van der Waals surface area contributed by atoms with E-state index in [1.165, 1.54) is 25.3 Å². The zero-order valence-corrected chi connectivity index (χ0v) is 16.4. The van der Waals surface area contributed by atoms with Gasteiger partial charge in [0, 0.05) is 18.2 Å². The number of methoxy groups -OCH3 is 1. The first-order valence-electron chi connectivity index (χ1n) is 8.65. The van der Waals surface area contributed by atoms with E-state index in [4.69, 9.17) is 9.47 Å². The van der Waals surface area contributed by atoms with Crippen molar-refractivity contribution in [1.82, 2.24) is 4.90 Å². The maximum atomic E-state index is 12.8. The van der Waals surface area contributed by atoms with Crippen molar-refractivity contribution in [3.8, 4) is 11.5 Å². The highest BCUT2D eigenvalue weighted by Gasteiger charge is 2.36. The molecule has 150 valence electrons. The average Bonchev–Trinajstić information content (AvgIpc) is 2.98. The largest absolute Gasteiger partial charge is 0.493 e. The summed E-state index contributed by atoms with van der Waals surface area (Å²) in [5, 5.41) is 10.9. The molecular formula is C17H24N2O7S. The molecule has 1 saturated heterocycles. The number of nitrogens with zero attached hydrogens (tertiary/aromatic N) is 2. The van der Waals surface area contributed by atoms with Crippen LogP contribution in [0.2, 0.25) is 0 Å². The number of carbonyl (C=O) groups excluding carboxylic acids is 1. The van der Waals surface area contributed by atoms with Crippen LogP contribution in [0.1, 0.15) is 26.7 Å². The van der Waals surface area contributed by atoms with E-state index in [-0.39, 0.29) is 53.3 Å². The molecule has 2 rings (SSSR count). The predicted molar refractivity (Wildman–Crippen MR) is 98.8 cm³/mol. The van der Waals surface area contributed by atoms with Gasteiger partial charge in [-0.25, -0.2) is 8.42 Å². The summed E-state index contributed by atoms with van der Waals surface area (Å²) in [6.07, 6.45) is 1.07. The van der Waals surface area contributed by atoms with Crippen LogP contribution in [0.25, 0.3) is 0 Å². The Hall–Kier alpha value is -2.36. The van der Waals surface area contributed by atoms with Gasteiger partial charge in [0.15, 0.2) is 27.9 Å². The summed E-state index contributed by atoms with van der Waals surface area (Å²) in [5.41, 5.74) is -0.182. The zero-order valence-electron chi connectivity index (χ0n) is 15.6. The minimum Gasteiger partial charge on any atom is -0.493 e. The molecule has 9 nitrogen and oxygen atoms in total. The minimum absolute atomic E-state index is 0.0524. The first kappa shape index (κ1) is 20.9. The van der Waals surface area contributed by atoms with Crippen LogP contribution in [0.4, 0.5) is 5.69 Å². The predicted octanol–water partition coefficient (Wildman–Crippen LogP) is 1.80. The van der Waals surface area contributed by atoms with Gasteiger partial charge < -0.3 is 14.4 Å². The summed E-state index contributed by atoms with van der Waals surface area (Å²) >= 11 is 0. The molecule has 1 aliphatic rings. The Morgan fingerprint density at radius 3 is 2.63 bits per heavy atom. The highest BCUT2D eigenvalue weighted by atomic mass is 32.2. The number of hydrogen-bond acceptors (Lipinski definition) is 7. The van der Waals surface area contributed by atoms with Crippen molar-refractivity contribution in [2.45, 2.75) is 38.8 Å². The van der Waals surface area contributed by atoms with Crippen LogP contribution in [0.3, 0.4) is 0 Å². The topological polar surface area (TPSA) is 116 Å². The summed E-state index contributed by atoms with van der Waals surface area (Å²) in [7, 11) is -1.74. The zero-order chi connectivity index (χ0) is 20.2. The number of amides is 1. The molecule has 0 N–H and O–H groups in total. The van der Waals surface area contributed by atoms with Crippen LogP contribution in [0, 0.1) is 10.1 Å². The van der Waals surface area contributed by atoms with Crippen LogP contribution >= 0.6 is 0 Å². The highest BCUT2D eigenvalue weighted by Crippen LogP contribution is 2.31. The standard InChI is InChI=1S/C17H24N2O7S/c1-4-12(2)18(14-7-8-27(23,24)11-14)17(20)10-26-16-9-13(19(21)22)5-6-15(16)25-3/h5-6,9,12,14H,4,7-8,10-11H2,1-3H3/t12-,14+/m0/s1. The number of benzene rings is 1. The maximum Gasteiger partial charge on any atom is 0.273 e. The minimum atomic E-state index is -3.14. The van der Waals surface area contributed by atoms with E-state index in [1.807, 2.05) is 13.8 Å². The van der Waals surface area contributed by atoms with Crippen molar-refractivity contribution in [1.29, 1.82) is 0 Å². The fraction of sp³-hybridized carbons (Fsp3) is 0.588. The average molecular weight is 400 g/mol. The van der Waals surface area contributed by atoms with E-state index in [1.54, 1.807) is 4.90 Å². The molecule has 1 aromatic carbocycles. The molecule has 1 aliphatic heterocycles. The van der Waals surface area contributed by atoms with Crippen LogP contribution in [0.5, 0.6) is 11.5 Å². The normalized spacial score (nSPS) is 19.3. The van der Waals surface area contributed by atoms with Gasteiger partial charge in [0.05, 0.1) is 29.6 Å². The first-order chi connectivity index (χ1) is 12.7. The lowest BCUT2D eigenvalue weighted by molar-refractivity contribution is -0.385. The van der Waals surface area contributed by atoms with Crippen LogP contribution in [-0.4, -0.2) is 61.5 Å². The molecular weight excluding hydrogens is 376 g/mol. The highest BCUT2D eigenvalue weighted by molar-refractivity contribution is 7.91. The molecule has 10 heteroatoms. The molecule has 0 aromatic heterocycles. The third-order valence-electron chi connectivity index (χ3n) is 4.66. The van der Waals surface area contributed by atoms with Crippen molar-refractivity contribution in [3.05, 3.63) is 28.3 Å². The van der Waals surface area contributed by atoms with E-state index >= 15 is 0 Å². The Morgan fingerprint density at radius 1 is 1.41 bits per heavy atom. The first-order valence-corrected chi connectivity index (χ1v) is 10.5. The number of sulfone groups is 1. The van der Waals surface area contributed by atoms with E-state index in [0.29, 0.717) is 12.8 Å². The second-order valence-electron chi connectivity index (χ2n) is 6.50. The Morgan fingerprint density at radius 2 is 2.11 bits per heavy atom. The van der Waals surface area contributed by atoms with Gasteiger partial charge in [0.25, 0.3) is 11.6 Å². The summed E-state index contributed by atoms with van der Waals surface area (Å²) in [6.45, 7) is 3.41.